The fourth-order valence-corrected chi connectivity index (χ4v) is 1.87. The SMILES string of the molecule is O=C(NCc1ccccn1)c1cc(-c2cccnc2)n[nH]1. The fourth-order valence-electron chi connectivity index (χ4n) is 1.87. The summed E-state index contributed by atoms with van der Waals surface area (Å²) < 4.78 is 0. The summed E-state index contributed by atoms with van der Waals surface area (Å²) in [6.07, 6.45) is 5.08. The van der Waals surface area contributed by atoms with Crippen molar-refractivity contribution in [2.24, 2.45) is 0 Å². The standard InChI is InChI=1S/C15H13N5O/c21-15(18-10-12-5-1-2-7-17-12)14-8-13(19-20-14)11-4-3-6-16-9-11/h1-9H,10H2,(H,18,21)(H,19,20). The number of aromatic amines is 1. The molecule has 6 nitrogen and oxygen atoms in total. The number of aromatic nitrogens is 4. The Bertz CT molecular complexity index is 724. The van der Waals surface area contributed by atoms with E-state index in [-0.39, 0.29) is 5.91 Å². The van der Waals surface area contributed by atoms with Crippen LogP contribution in [0.15, 0.2) is 55.0 Å². The van der Waals surface area contributed by atoms with Crippen LogP contribution in [-0.4, -0.2) is 26.1 Å². The van der Waals surface area contributed by atoms with Gasteiger partial charge in [0.1, 0.15) is 5.69 Å². The van der Waals surface area contributed by atoms with Crippen LogP contribution in [-0.2, 0) is 6.54 Å². The normalized spacial score (nSPS) is 10.3. The van der Waals surface area contributed by atoms with Crippen molar-refractivity contribution in [1.29, 1.82) is 0 Å². The first-order valence-corrected chi connectivity index (χ1v) is 6.47. The molecule has 0 aliphatic carbocycles. The topological polar surface area (TPSA) is 83.6 Å². The van der Waals surface area contributed by atoms with Crippen molar-refractivity contribution < 1.29 is 4.79 Å². The van der Waals surface area contributed by atoms with Gasteiger partial charge in [-0.1, -0.05) is 6.07 Å². The van der Waals surface area contributed by atoms with Crippen LogP contribution in [0.25, 0.3) is 11.3 Å². The summed E-state index contributed by atoms with van der Waals surface area (Å²) in [6.45, 7) is 0.376. The highest BCUT2D eigenvalue weighted by Crippen LogP contribution is 2.15. The second kappa shape index (κ2) is 5.96. The van der Waals surface area contributed by atoms with E-state index in [1.165, 1.54) is 0 Å². The molecule has 21 heavy (non-hydrogen) atoms. The third-order valence-corrected chi connectivity index (χ3v) is 2.94. The van der Waals surface area contributed by atoms with Crippen molar-refractivity contribution in [2.45, 2.75) is 6.54 Å². The average Bonchev–Trinajstić information content (AvgIpc) is 3.04. The zero-order chi connectivity index (χ0) is 14.5. The first-order chi connectivity index (χ1) is 10.3. The molecule has 0 aliphatic heterocycles. The minimum atomic E-state index is -0.219. The molecule has 2 N–H and O–H groups in total. The largest absolute Gasteiger partial charge is 0.345 e. The Morgan fingerprint density at radius 2 is 2.14 bits per heavy atom. The van der Waals surface area contributed by atoms with Crippen LogP contribution in [0.2, 0.25) is 0 Å². The fraction of sp³-hybridized carbons (Fsp3) is 0.0667. The van der Waals surface area contributed by atoms with Crippen LogP contribution in [0.1, 0.15) is 16.2 Å². The third-order valence-electron chi connectivity index (χ3n) is 2.94. The Morgan fingerprint density at radius 1 is 1.19 bits per heavy atom. The van der Waals surface area contributed by atoms with Crippen molar-refractivity contribution in [1.82, 2.24) is 25.5 Å². The van der Waals surface area contributed by atoms with Gasteiger partial charge in [0.05, 0.1) is 17.9 Å². The number of rotatable bonds is 4. The van der Waals surface area contributed by atoms with Gasteiger partial charge >= 0.3 is 0 Å². The summed E-state index contributed by atoms with van der Waals surface area (Å²) in [5, 5.41) is 9.64. The predicted molar refractivity (Wildman–Crippen MR) is 77.2 cm³/mol. The minimum absolute atomic E-state index is 0.219. The zero-order valence-electron chi connectivity index (χ0n) is 11.2. The Balaban J connectivity index is 1.67. The van der Waals surface area contributed by atoms with Crippen LogP contribution in [0, 0.1) is 0 Å². The van der Waals surface area contributed by atoms with E-state index in [9.17, 15) is 4.79 Å². The number of nitrogens with zero attached hydrogens (tertiary/aromatic N) is 3. The number of amides is 1. The van der Waals surface area contributed by atoms with Crippen LogP contribution in [0.5, 0.6) is 0 Å². The Hall–Kier alpha value is -3.02. The van der Waals surface area contributed by atoms with Gasteiger partial charge in [-0.05, 0) is 30.3 Å². The van der Waals surface area contributed by atoms with Crippen molar-refractivity contribution in [3.63, 3.8) is 0 Å². The lowest BCUT2D eigenvalue weighted by Crippen LogP contribution is -2.23. The van der Waals surface area contributed by atoms with E-state index in [1.807, 2.05) is 30.3 Å². The first kappa shape index (κ1) is 13.0. The number of carbonyl (C=O) groups excluding carboxylic acids is 1. The van der Waals surface area contributed by atoms with E-state index in [0.29, 0.717) is 17.9 Å². The number of hydrogen-bond acceptors (Lipinski definition) is 4. The molecule has 3 rings (SSSR count). The van der Waals surface area contributed by atoms with E-state index in [1.54, 1.807) is 24.7 Å². The Morgan fingerprint density at radius 3 is 2.90 bits per heavy atom. The average molecular weight is 279 g/mol. The van der Waals surface area contributed by atoms with Gasteiger partial charge < -0.3 is 5.32 Å². The molecular weight excluding hydrogens is 266 g/mol. The van der Waals surface area contributed by atoms with Gasteiger partial charge in [0.25, 0.3) is 5.91 Å². The smallest absolute Gasteiger partial charge is 0.269 e. The van der Waals surface area contributed by atoms with Gasteiger partial charge in [-0.3, -0.25) is 19.9 Å². The van der Waals surface area contributed by atoms with E-state index in [4.69, 9.17) is 0 Å². The summed E-state index contributed by atoms with van der Waals surface area (Å²) in [4.78, 5) is 20.2. The second-order valence-electron chi connectivity index (χ2n) is 4.41. The highest BCUT2D eigenvalue weighted by Gasteiger charge is 2.10. The van der Waals surface area contributed by atoms with E-state index in [0.717, 1.165) is 11.3 Å². The highest BCUT2D eigenvalue weighted by atomic mass is 16.1. The molecule has 6 heteroatoms. The van der Waals surface area contributed by atoms with Crippen molar-refractivity contribution in [3.8, 4) is 11.3 Å². The Kier molecular flexibility index (Phi) is 3.68. The first-order valence-electron chi connectivity index (χ1n) is 6.47. The van der Waals surface area contributed by atoms with Crippen molar-refractivity contribution >= 4 is 5.91 Å². The number of pyridine rings is 2. The lowest BCUT2D eigenvalue weighted by molar-refractivity contribution is 0.0945. The Labute approximate surface area is 121 Å². The summed E-state index contributed by atoms with van der Waals surface area (Å²) >= 11 is 0. The molecule has 0 saturated heterocycles. The number of H-pyrrole nitrogens is 1. The van der Waals surface area contributed by atoms with Gasteiger partial charge in [0.2, 0.25) is 0 Å². The monoisotopic (exact) mass is 279 g/mol. The lowest BCUT2D eigenvalue weighted by Gasteiger charge is -2.02. The van der Waals surface area contributed by atoms with Crippen molar-refractivity contribution in [3.05, 3.63) is 66.4 Å². The molecule has 0 fully saturated rings. The van der Waals surface area contributed by atoms with E-state index >= 15 is 0 Å². The van der Waals surface area contributed by atoms with Gasteiger partial charge in [0.15, 0.2) is 0 Å². The molecule has 104 valence electrons. The maximum Gasteiger partial charge on any atom is 0.269 e. The van der Waals surface area contributed by atoms with Gasteiger partial charge in [-0.15, -0.1) is 0 Å². The maximum absolute atomic E-state index is 12.0. The maximum atomic E-state index is 12.0. The summed E-state index contributed by atoms with van der Waals surface area (Å²) in [5.74, 6) is -0.219. The number of carbonyl (C=O) groups is 1. The van der Waals surface area contributed by atoms with Gasteiger partial charge in [0, 0.05) is 24.2 Å². The molecule has 0 bridgehead atoms. The van der Waals surface area contributed by atoms with Crippen LogP contribution >= 0.6 is 0 Å². The van der Waals surface area contributed by atoms with Gasteiger partial charge in [-0.25, -0.2) is 0 Å². The molecule has 3 aromatic rings. The van der Waals surface area contributed by atoms with E-state index in [2.05, 4.69) is 25.5 Å². The molecule has 1 amide bonds. The molecule has 3 heterocycles. The van der Waals surface area contributed by atoms with Gasteiger partial charge in [-0.2, -0.15) is 5.10 Å². The van der Waals surface area contributed by atoms with E-state index < -0.39 is 0 Å². The summed E-state index contributed by atoms with van der Waals surface area (Å²) in [6, 6.07) is 11.0. The zero-order valence-corrected chi connectivity index (χ0v) is 11.2. The molecule has 0 spiro atoms. The highest BCUT2D eigenvalue weighted by molar-refractivity contribution is 5.93. The minimum Gasteiger partial charge on any atom is -0.345 e. The molecule has 0 aliphatic rings. The molecule has 0 unspecified atom stereocenters. The number of hydrogen-bond donors (Lipinski definition) is 2. The molecule has 0 aromatic carbocycles. The quantitative estimate of drug-likeness (QED) is 0.762. The third kappa shape index (κ3) is 3.11. The van der Waals surface area contributed by atoms with Crippen LogP contribution in [0.3, 0.4) is 0 Å². The second-order valence-corrected chi connectivity index (χ2v) is 4.41. The van der Waals surface area contributed by atoms with Crippen LogP contribution in [0.4, 0.5) is 0 Å². The number of nitrogens with one attached hydrogen (secondary N) is 2. The molecule has 0 saturated carbocycles. The molecule has 0 radical (unpaired) electrons. The predicted octanol–water partition coefficient (Wildman–Crippen LogP) is 1.80. The summed E-state index contributed by atoms with van der Waals surface area (Å²) in [5.41, 5.74) is 2.76. The summed E-state index contributed by atoms with van der Waals surface area (Å²) in [7, 11) is 0. The van der Waals surface area contributed by atoms with Crippen LogP contribution < -0.4 is 5.32 Å². The molecular formula is C15H13N5O. The van der Waals surface area contributed by atoms with Crippen molar-refractivity contribution in [2.75, 3.05) is 0 Å². The lowest BCUT2D eigenvalue weighted by atomic mass is 10.2. The molecule has 3 aromatic heterocycles. The molecule has 0 atom stereocenters.